The van der Waals surface area contributed by atoms with E-state index in [-0.39, 0.29) is 23.9 Å². The van der Waals surface area contributed by atoms with Gasteiger partial charge in [-0.05, 0) is 66.9 Å². The van der Waals surface area contributed by atoms with E-state index in [0.29, 0.717) is 34.7 Å². The van der Waals surface area contributed by atoms with Gasteiger partial charge in [0.15, 0.2) is 5.82 Å². The molecule has 1 N–H and O–H groups in total. The molecule has 1 aliphatic rings. The fourth-order valence-electron chi connectivity index (χ4n) is 3.90. The van der Waals surface area contributed by atoms with Crippen molar-refractivity contribution in [3.05, 3.63) is 70.0 Å². The van der Waals surface area contributed by atoms with Crippen LogP contribution in [0.5, 0.6) is 0 Å². The zero-order chi connectivity index (χ0) is 22.2. The van der Waals surface area contributed by atoms with Gasteiger partial charge in [0.2, 0.25) is 5.91 Å². The van der Waals surface area contributed by atoms with Crippen molar-refractivity contribution in [1.82, 2.24) is 29.8 Å². The smallest absolute Gasteiger partial charge is 0.261 e. The maximum Gasteiger partial charge on any atom is 0.261 e. The first-order valence-corrected chi connectivity index (χ1v) is 10.7. The van der Waals surface area contributed by atoms with Crippen LogP contribution in [0.25, 0.3) is 16.6 Å². The first-order valence-electron chi connectivity index (χ1n) is 10.7. The Labute approximate surface area is 184 Å². The van der Waals surface area contributed by atoms with E-state index >= 15 is 0 Å². The molecule has 0 aliphatic heterocycles. The maximum atomic E-state index is 13.0. The van der Waals surface area contributed by atoms with Crippen molar-refractivity contribution in [2.24, 2.45) is 0 Å². The Morgan fingerprint density at radius 1 is 1.16 bits per heavy atom. The lowest BCUT2D eigenvalue weighted by Crippen LogP contribution is -2.25. The van der Waals surface area contributed by atoms with Crippen LogP contribution in [0.4, 0.5) is 5.69 Å². The Kier molecular flexibility index (Phi) is 5.01. The zero-order valence-electron chi connectivity index (χ0n) is 17.9. The monoisotopic (exact) mass is 429 g/mol. The number of anilines is 1. The van der Waals surface area contributed by atoms with E-state index < -0.39 is 0 Å². The van der Waals surface area contributed by atoms with E-state index in [4.69, 9.17) is 4.98 Å². The number of amides is 1. The summed E-state index contributed by atoms with van der Waals surface area (Å²) >= 11 is 0. The second kappa shape index (κ2) is 7.99. The molecule has 9 nitrogen and oxygen atoms in total. The minimum absolute atomic E-state index is 0.0199. The molecular weight excluding hydrogens is 406 g/mol. The Morgan fingerprint density at radius 2 is 1.97 bits per heavy atom. The molecule has 2 heterocycles. The third kappa shape index (κ3) is 3.77. The number of aromatic nitrogens is 6. The predicted octanol–water partition coefficient (Wildman–Crippen LogP) is 2.90. The van der Waals surface area contributed by atoms with Crippen LogP contribution in [0.3, 0.4) is 0 Å². The summed E-state index contributed by atoms with van der Waals surface area (Å²) in [6.07, 6.45) is 2.57. The van der Waals surface area contributed by atoms with Crippen molar-refractivity contribution >= 4 is 22.5 Å². The first-order chi connectivity index (χ1) is 15.5. The van der Waals surface area contributed by atoms with Crippen molar-refractivity contribution < 1.29 is 4.79 Å². The summed E-state index contributed by atoms with van der Waals surface area (Å²) in [4.78, 5) is 30.4. The maximum absolute atomic E-state index is 13.0. The van der Waals surface area contributed by atoms with Crippen LogP contribution in [0, 0.1) is 13.8 Å². The van der Waals surface area contributed by atoms with Crippen molar-refractivity contribution in [3.8, 4) is 5.69 Å². The summed E-state index contributed by atoms with van der Waals surface area (Å²) in [6, 6.07) is 13.2. The van der Waals surface area contributed by atoms with Gasteiger partial charge in [0.05, 0.1) is 16.6 Å². The summed E-state index contributed by atoms with van der Waals surface area (Å²) in [5, 5.41) is 15.2. The lowest BCUT2D eigenvalue weighted by molar-refractivity contribution is -0.116. The molecule has 0 saturated heterocycles. The lowest BCUT2D eigenvalue weighted by Gasteiger charge is -2.13. The number of rotatable bonds is 6. The average molecular weight is 429 g/mol. The lowest BCUT2D eigenvalue weighted by atomic mass is 10.1. The fraction of sp³-hybridized carbons (Fsp3) is 0.304. The molecule has 0 radical (unpaired) electrons. The zero-order valence-corrected chi connectivity index (χ0v) is 17.9. The molecule has 4 aromatic rings. The number of aryl methyl sites for hydroxylation is 3. The highest BCUT2D eigenvalue weighted by molar-refractivity contribution is 5.91. The third-order valence-electron chi connectivity index (χ3n) is 5.72. The Bertz CT molecular complexity index is 1380. The summed E-state index contributed by atoms with van der Waals surface area (Å²) < 4.78 is 3.42. The van der Waals surface area contributed by atoms with Crippen LogP contribution in [-0.4, -0.2) is 35.7 Å². The first kappa shape index (κ1) is 20.0. The number of benzene rings is 2. The van der Waals surface area contributed by atoms with Crippen LogP contribution >= 0.6 is 0 Å². The van der Waals surface area contributed by atoms with Gasteiger partial charge in [-0.15, -0.1) is 5.10 Å². The molecule has 0 atom stereocenters. The van der Waals surface area contributed by atoms with Crippen molar-refractivity contribution in [3.63, 3.8) is 0 Å². The van der Waals surface area contributed by atoms with Crippen molar-refractivity contribution in [2.75, 3.05) is 5.32 Å². The molecule has 5 rings (SSSR count). The minimum Gasteiger partial charge on any atom is -0.326 e. The molecule has 32 heavy (non-hydrogen) atoms. The molecule has 1 aliphatic carbocycles. The number of carbonyl (C=O) groups excluding carboxylic acids is 1. The Hall–Kier alpha value is -3.88. The molecule has 162 valence electrons. The van der Waals surface area contributed by atoms with Crippen LogP contribution in [0.15, 0.2) is 47.3 Å². The van der Waals surface area contributed by atoms with E-state index in [1.54, 1.807) is 15.3 Å². The highest BCUT2D eigenvalue weighted by Crippen LogP contribution is 2.35. The third-order valence-corrected chi connectivity index (χ3v) is 5.72. The number of hydrogen-bond acceptors (Lipinski definition) is 6. The number of nitrogens with one attached hydrogen (secondary N) is 1. The predicted molar refractivity (Wildman–Crippen MR) is 120 cm³/mol. The number of para-hydroxylation sites is 1. The number of fused-ring (bicyclic) bond motifs is 1. The van der Waals surface area contributed by atoms with Gasteiger partial charge in [-0.25, -0.2) is 4.98 Å². The Morgan fingerprint density at radius 3 is 2.72 bits per heavy atom. The number of hydrogen-bond donors (Lipinski definition) is 1. The number of carbonyl (C=O) groups is 1. The van der Waals surface area contributed by atoms with Gasteiger partial charge in [0, 0.05) is 24.6 Å². The van der Waals surface area contributed by atoms with Gasteiger partial charge in [-0.2, -0.15) is 4.68 Å². The second-order valence-corrected chi connectivity index (χ2v) is 8.14. The molecular formula is C23H23N7O2. The standard InChI is InChI=1S/C23H23N7O2/c1-14-7-8-16(13-20(14)30-15(2)26-27-28-30)24-22(31)12-11-21-25-19-6-4-3-5-18(19)23(32)29(21)17-9-10-17/h3-8,13,17H,9-12H2,1-2H3,(H,24,31). The summed E-state index contributed by atoms with van der Waals surface area (Å²) in [7, 11) is 0. The molecule has 0 unspecified atom stereocenters. The molecule has 2 aromatic heterocycles. The van der Waals surface area contributed by atoms with Gasteiger partial charge < -0.3 is 5.32 Å². The van der Waals surface area contributed by atoms with Crippen LogP contribution in [-0.2, 0) is 11.2 Å². The molecule has 2 aromatic carbocycles. The van der Waals surface area contributed by atoms with E-state index in [1.165, 1.54) is 0 Å². The van der Waals surface area contributed by atoms with Gasteiger partial charge in [0.25, 0.3) is 5.56 Å². The second-order valence-electron chi connectivity index (χ2n) is 8.14. The normalized spacial score (nSPS) is 13.4. The van der Waals surface area contributed by atoms with Gasteiger partial charge >= 0.3 is 0 Å². The van der Waals surface area contributed by atoms with E-state index in [9.17, 15) is 9.59 Å². The van der Waals surface area contributed by atoms with Crippen molar-refractivity contribution in [1.29, 1.82) is 0 Å². The van der Waals surface area contributed by atoms with Crippen LogP contribution in [0.1, 0.15) is 42.5 Å². The van der Waals surface area contributed by atoms with Gasteiger partial charge in [-0.3, -0.25) is 14.2 Å². The highest BCUT2D eigenvalue weighted by atomic mass is 16.1. The highest BCUT2D eigenvalue weighted by Gasteiger charge is 2.28. The largest absolute Gasteiger partial charge is 0.326 e. The molecule has 0 spiro atoms. The molecule has 1 saturated carbocycles. The quantitative estimate of drug-likeness (QED) is 0.505. The Balaban J connectivity index is 1.35. The van der Waals surface area contributed by atoms with E-state index in [0.717, 1.165) is 24.1 Å². The molecule has 1 fully saturated rings. The summed E-state index contributed by atoms with van der Waals surface area (Å²) in [5.41, 5.74) is 3.12. The fourth-order valence-corrected chi connectivity index (χ4v) is 3.90. The topological polar surface area (TPSA) is 108 Å². The SMILES string of the molecule is Cc1ccc(NC(=O)CCc2nc3ccccc3c(=O)n2C2CC2)cc1-n1nnnc1C. The van der Waals surface area contributed by atoms with Crippen molar-refractivity contribution in [2.45, 2.75) is 45.6 Å². The molecule has 9 heteroatoms. The van der Waals surface area contributed by atoms with Crippen LogP contribution < -0.4 is 10.9 Å². The number of tetrazole rings is 1. The minimum atomic E-state index is -0.141. The van der Waals surface area contributed by atoms with Gasteiger partial charge in [-0.1, -0.05) is 18.2 Å². The summed E-state index contributed by atoms with van der Waals surface area (Å²) in [6.45, 7) is 3.78. The average Bonchev–Trinajstić information content (AvgIpc) is 3.53. The van der Waals surface area contributed by atoms with Crippen LogP contribution in [0.2, 0.25) is 0 Å². The molecule has 0 bridgehead atoms. The number of nitrogens with zero attached hydrogens (tertiary/aromatic N) is 6. The van der Waals surface area contributed by atoms with E-state index in [2.05, 4.69) is 20.8 Å². The van der Waals surface area contributed by atoms with Gasteiger partial charge in [0.1, 0.15) is 5.82 Å². The van der Waals surface area contributed by atoms with E-state index in [1.807, 2.05) is 50.2 Å². The summed E-state index contributed by atoms with van der Waals surface area (Å²) in [5.74, 6) is 1.19. The molecule has 1 amide bonds.